The molecule has 0 aromatic carbocycles. The fraction of sp³-hybridized carbons (Fsp3) is 0.200. The summed E-state index contributed by atoms with van der Waals surface area (Å²) in [5, 5.41) is 0.850. The fourth-order valence-corrected chi connectivity index (χ4v) is 1.24. The molecule has 0 fully saturated rings. The minimum absolute atomic E-state index is 0.231. The van der Waals surface area contributed by atoms with Gasteiger partial charge in [-0.15, -0.1) is 0 Å². The summed E-state index contributed by atoms with van der Waals surface area (Å²) in [5.41, 5.74) is 0.709. The van der Waals surface area contributed by atoms with Crippen molar-refractivity contribution in [2.24, 2.45) is 0 Å². The Morgan fingerprint density at radius 3 is 3.21 bits per heavy atom. The molecule has 2 rings (SSSR count). The van der Waals surface area contributed by atoms with Crippen molar-refractivity contribution in [3.8, 4) is 0 Å². The Morgan fingerprint density at radius 2 is 2.43 bits per heavy atom. The van der Waals surface area contributed by atoms with E-state index in [1.807, 2.05) is 0 Å². The van der Waals surface area contributed by atoms with Crippen LogP contribution in [0.4, 0.5) is 0 Å². The third-order valence-electron chi connectivity index (χ3n) is 1.84. The highest BCUT2D eigenvalue weighted by Crippen LogP contribution is 2.18. The number of carbonyl (C=O) groups is 1. The number of ether oxygens (including phenoxy) is 1. The van der Waals surface area contributed by atoms with Crippen LogP contribution in [-0.4, -0.2) is 17.6 Å². The van der Waals surface area contributed by atoms with Gasteiger partial charge in [-0.2, -0.15) is 0 Å². The molecular weight excluding hydrogens is 182 g/mol. The third kappa shape index (κ3) is 1.35. The number of furan rings is 1. The van der Waals surface area contributed by atoms with Gasteiger partial charge in [0.1, 0.15) is 0 Å². The number of carbonyl (C=O) groups excluding carboxylic acids is 1. The molecule has 0 aliphatic heterocycles. The molecule has 0 aliphatic rings. The van der Waals surface area contributed by atoms with E-state index in [9.17, 15) is 4.79 Å². The second-order valence-corrected chi connectivity index (χ2v) is 2.72. The lowest BCUT2D eigenvalue weighted by atomic mass is 10.2. The second kappa shape index (κ2) is 3.49. The quantitative estimate of drug-likeness (QED) is 0.681. The largest absolute Gasteiger partial charge is 0.462 e. The summed E-state index contributed by atoms with van der Waals surface area (Å²) in [6, 6.07) is 3.56. The SMILES string of the molecule is CCOC(=O)c1nccc2ccoc12. The lowest BCUT2D eigenvalue weighted by Gasteiger charge is -2.00. The number of fused-ring (bicyclic) bond motifs is 1. The Kier molecular flexibility index (Phi) is 2.18. The Labute approximate surface area is 80.5 Å². The Balaban J connectivity index is 2.50. The average Bonchev–Trinajstić information content (AvgIpc) is 2.65. The highest BCUT2D eigenvalue weighted by molar-refractivity contribution is 5.99. The van der Waals surface area contributed by atoms with Crippen molar-refractivity contribution in [1.82, 2.24) is 4.98 Å². The number of hydrogen-bond acceptors (Lipinski definition) is 4. The number of rotatable bonds is 2. The van der Waals surface area contributed by atoms with Crippen molar-refractivity contribution in [2.75, 3.05) is 6.61 Å². The van der Waals surface area contributed by atoms with Crippen molar-refractivity contribution in [1.29, 1.82) is 0 Å². The summed E-state index contributed by atoms with van der Waals surface area (Å²) in [7, 11) is 0. The van der Waals surface area contributed by atoms with E-state index in [1.165, 1.54) is 6.26 Å². The monoisotopic (exact) mass is 191 g/mol. The molecule has 72 valence electrons. The van der Waals surface area contributed by atoms with Gasteiger partial charge in [-0.25, -0.2) is 9.78 Å². The Hall–Kier alpha value is -1.84. The lowest BCUT2D eigenvalue weighted by molar-refractivity contribution is 0.0520. The molecule has 4 heteroatoms. The van der Waals surface area contributed by atoms with E-state index in [4.69, 9.17) is 9.15 Å². The number of aromatic nitrogens is 1. The zero-order chi connectivity index (χ0) is 9.97. The molecule has 0 radical (unpaired) electrons. The smallest absolute Gasteiger partial charge is 0.360 e. The molecule has 0 saturated carbocycles. The summed E-state index contributed by atoms with van der Waals surface area (Å²) < 4.78 is 10.00. The van der Waals surface area contributed by atoms with Crippen molar-refractivity contribution in [3.05, 3.63) is 30.3 Å². The van der Waals surface area contributed by atoms with E-state index in [1.54, 1.807) is 25.3 Å². The van der Waals surface area contributed by atoms with E-state index < -0.39 is 5.97 Å². The van der Waals surface area contributed by atoms with Gasteiger partial charge in [0.05, 0.1) is 12.9 Å². The van der Waals surface area contributed by atoms with Crippen LogP contribution in [0.15, 0.2) is 29.0 Å². The van der Waals surface area contributed by atoms with E-state index in [-0.39, 0.29) is 5.69 Å². The molecule has 2 aromatic rings. The molecule has 14 heavy (non-hydrogen) atoms. The van der Waals surface area contributed by atoms with E-state index in [0.29, 0.717) is 12.2 Å². The molecule has 0 amide bonds. The van der Waals surface area contributed by atoms with Gasteiger partial charge < -0.3 is 9.15 Å². The van der Waals surface area contributed by atoms with E-state index >= 15 is 0 Å². The molecule has 0 saturated heterocycles. The Morgan fingerprint density at radius 1 is 1.57 bits per heavy atom. The topological polar surface area (TPSA) is 52.3 Å². The summed E-state index contributed by atoms with van der Waals surface area (Å²) in [4.78, 5) is 15.3. The molecule has 0 spiro atoms. The molecule has 2 heterocycles. The summed E-state index contributed by atoms with van der Waals surface area (Å²) >= 11 is 0. The summed E-state index contributed by atoms with van der Waals surface area (Å²) in [6.07, 6.45) is 3.08. The zero-order valence-corrected chi connectivity index (χ0v) is 7.69. The molecular formula is C10H9NO3. The van der Waals surface area contributed by atoms with Crippen LogP contribution < -0.4 is 0 Å². The second-order valence-electron chi connectivity index (χ2n) is 2.72. The molecule has 0 atom stereocenters. The van der Waals surface area contributed by atoms with E-state index in [0.717, 1.165) is 5.39 Å². The number of pyridine rings is 1. The maximum atomic E-state index is 11.4. The van der Waals surface area contributed by atoms with Crippen LogP contribution in [0, 0.1) is 0 Å². The van der Waals surface area contributed by atoms with Gasteiger partial charge in [0.15, 0.2) is 11.3 Å². The summed E-state index contributed by atoms with van der Waals surface area (Å²) in [6.45, 7) is 2.08. The average molecular weight is 191 g/mol. The van der Waals surface area contributed by atoms with Gasteiger partial charge in [0.2, 0.25) is 0 Å². The van der Waals surface area contributed by atoms with Crippen molar-refractivity contribution in [3.63, 3.8) is 0 Å². The van der Waals surface area contributed by atoms with Crippen LogP contribution >= 0.6 is 0 Å². The molecule has 0 aliphatic carbocycles. The van der Waals surface area contributed by atoms with Gasteiger partial charge in [0, 0.05) is 11.6 Å². The first-order valence-corrected chi connectivity index (χ1v) is 4.32. The van der Waals surface area contributed by atoms with Crippen LogP contribution in [0.2, 0.25) is 0 Å². The number of nitrogens with zero attached hydrogens (tertiary/aromatic N) is 1. The first-order valence-electron chi connectivity index (χ1n) is 4.32. The van der Waals surface area contributed by atoms with Crippen molar-refractivity contribution >= 4 is 16.9 Å². The normalized spacial score (nSPS) is 10.4. The fourth-order valence-electron chi connectivity index (χ4n) is 1.24. The third-order valence-corrected chi connectivity index (χ3v) is 1.84. The van der Waals surface area contributed by atoms with Crippen LogP contribution in [-0.2, 0) is 4.74 Å². The Bertz CT molecular complexity index is 461. The number of hydrogen-bond donors (Lipinski definition) is 0. The summed E-state index contributed by atoms with van der Waals surface area (Å²) in [5.74, 6) is -0.451. The molecule has 2 aromatic heterocycles. The van der Waals surface area contributed by atoms with Gasteiger partial charge in [-0.1, -0.05) is 0 Å². The van der Waals surface area contributed by atoms with Crippen LogP contribution in [0.3, 0.4) is 0 Å². The maximum Gasteiger partial charge on any atom is 0.360 e. The maximum absolute atomic E-state index is 11.4. The predicted molar refractivity (Wildman–Crippen MR) is 50.0 cm³/mol. The molecule has 0 bridgehead atoms. The minimum atomic E-state index is -0.451. The highest BCUT2D eigenvalue weighted by atomic mass is 16.5. The first kappa shape index (κ1) is 8.74. The first-order chi connectivity index (χ1) is 6.83. The highest BCUT2D eigenvalue weighted by Gasteiger charge is 2.14. The molecule has 0 unspecified atom stereocenters. The van der Waals surface area contributed by atoms with Gasteiger partial charge >= 0.3 is 5.97 Å². The van der Waals surface area contributed by atoms with Gasteiger partial charge in [0.25, 0.3) is 0 Å². The number of esters is 1. The van der Waals surface area contributed by atoms with Crippen molar-refractivity contribution < 1.29 is 13.9 Å². The molecule has 4 nitrogen and oxygen atoms in total. The predicted octanol–water partition coefficient (Wildman–Crippen LogP) is 2.00. The standard InChI is InChI=1S/C10H9NO3/c1-2-13-10(12)8-9-7(3-5-11-8)4-6-14-9/h3-6H,2H2,1H3. The van der Waals surface area contributed by atoms with Gasteiger partial charge in [-0.05, 0) is 19.1 Å². The minimum Gasteiger partial charge on any atom is -0.462 e. The van der Waals surface area contributed by atoms with Crippen LogP contribution in [0.25, 0.3) is 11.0 Å². The van der Waals surface area contributed by atoms with Crippen molar-refractivity contribution in [2.45, 2.75) is 6.92 Å². The zero-order valence-electron chi connectivity index (χ0n) is 7.69. The van der Waals surface area contributed by atoms with Crippen LogP contribution in [0.5, 0.6) is 0 Å². The van der Waals surface area contributed by atoms with Crippen LogP contribution in [0.1, 0.15) is 17.4 Å². The lowest BCUT2D eigenvalue weighted by Crippen LogP contribution is -2.06. The van der Waals surface area contributed by atoms with E-state index in [2.05, 4.69) is 4.98 Å². The van der Waals surface area contributed by atoms with Gasteiger partial charge in [-0.3, -0.25) is 0 Å². The molecule has 0 N–H and O–H groups in total.